The Morgan fingerprint density at radius 2 is 1.76 bits per heavy atom. The van der Waals surface area contributed by atoms with Crippen LogP contribution in [0.1, 0.15) is 11.1 Å². The van der Waals surface area contributed by atoms with Crippen molar-refractivity contribution in [3.63, 3.8) is 0 Å². The Hall–Kier alpha value is -1.73. The van der Waals surface area contributed by atoms with Crippen LogP contribution in [0, 0.1) is 5.82 Å². The third-order valence-corrected chi connectivity index (χ3v) is 5.42. The normalized spacial score (nSPS) is 20.0. The highest BCUT2D eigenvalue weighted by Crippen LogP contribution is 2.39. The molecule has 0 saturated carbocycles. The van der Waals surface area contributed by atoms with E-state index in [2.05, 4.69) is 4.99 Å². The minimum atomic E-state index is -4.14. The predicted octanol–water partition coefficient (Wildman–Crippen LogP) is 3.71. The number of nitrogens with zero attached hydrogens (tertiary/aromatic N) is 1. The van der Waals surface area contributed by atoms with E-state index in [1.54, 1.807) is 30.5 Å². The molecule has 1 unspecified atom stereocenters. The van der Waals surface area contributed by atoms with Crippen LogP contribution in [-0.4, -0.2) is 21.2 Å². The zero-order valence-electron chi connectivity index (χ0n) is 12.8. The average molecular weight is 399 g/mol. The molecule has 0 radical (unpaired) electrons. The maximum Gasteiger partial charge on any atom is 0.240 e. The Bertz CT molecular complexity index is 985. The van der Waals surface area contributed by atoms with E-state index >= 15 is 0 Å². The predicted molar refractivity (Wildman–Crippen MR) is 97.5 cm³/mol. The lowest BCUT2D eigenvalue weighted by atomic mass is 9.73. The van der Waals surface area contributed by atoms with Crippen molar-refractivity contribution in [2.75, 3.05) is 6.54 Å². The molecule has 1 heterocycles. The van der Waals surface area contributed by atoms with Crippen LogP contribution < -0.4 is 5.14 Å². The summed E-state index contributed by atoms with van der Waals surface area (Å²) >= 11 is 12.2. The number of hydrogen-bond acceptors (Lipinski definition) is 3. The summed E-state index contributed by atoms with van der Waals surface area (Å²) in [5.74, 6) is -0.921. The van der Waals surface area contributed by atoms with Gasteiger partial charge < -0.3 is 0 Å². The van der Waals surface area contributed by atoms with Crippen LogP contribution in [0.3, 0.4) is 0 Å². The van der Waals surface area contributed by atoms with Gasteiger partial charge in [-0.25, -0.2) is 17.9 Å². The Morgan fingerprint density at radius 3 is 2.28 bits per heavy atom. The van der Waals surface area contributed by atoms with Gasteiger partial charge in [-0.2, -0.15) is 0 Å². The minimum Gasteiger partial charge on any atom is -0.292 e. The third-order valence-electron chi connectivity index (χ3n) is 4.04. The van der Waals surface area contributed by atoms with Crippen LogP contribution in [0.4, 0.5) is 4.39 Å². The molecule has 0 amide bonds. The number of aliphatic imine (C=N–C) groups is 1. The zero-order valence-corrected chi connectivity index (χ0v) is 15.1. The molecule has 0 spiro atoms. The number of halogens is 3. The van der Waals surface area contributed by atoms with Crippen LogP contribution in [0.15, 0.2) is 58.4 Å². The molecule has 1 aliphatic rings. The first-order valence-electron chi connectivity index (χ1n) is 7.19. The van der Waals surface area contributed by atoms with Gasteiger partial charge in [0, 0.05) is 16.3 Å². The van der Waals surface area contributed by atoms with E-state index in [9.17, 15) is 12.8 Å². The van der Waals surface area contributed by atoms with Gasteiger partial charge in [0.1, 0.15) is 10.7 Å². The number of sulfonamides is 1. The molecule has 0 saturated heterocycles. The molecule has 0 aromatic heterocycles. The van der Waals surface area contributed by atoms with Gasteiger partial charge in [0.2, 0.25) is 10.0 Å². The number of benzene rings is 2. The summed E-state index contributed by atoms with van der Waals surface area (Å²) < 4.78 is 37.3. The molecule has 25 heavy (non-hydrogen) atoms. The number of allylic oxidation sites excluding steroid dienone is 1. The molecule has 2 aromatic carbocycles. The average Bonchev–Trinajstić information content (AvgIpc) is 2.53. The van der Waals surface area contributed by atoms with Crippen LogP contribution in [0.2, 0.25) is 10.0 Å². The second kappa shape index (κ2) is 6.53. The standard InChI is InChI=1S/C17H13Cl2FN2O2S/c18-13-6-12(7-14(19)9-13)17(4-1-5-22-10-17)11-2-3-16(15(20)8-11)25(21,23)24/h1-9H,10H2,(H2,21,23,24). The van der Waals surface area contributed by atoms with E-state index in [1.807, 2.05) is 6.08 Å². The number of dihydropyridines is 1. The third kappa shape index (κ3) is 3.48. The lowest BCUT2D eigenvalue weighted by Gasteiger charge is -2.32. The first kappa shape index (κ1) is 18.1. The van der Waals surface area contributed by atoms with Gasteiger partial charge in [-0.1, -0.05) is 35.3 Å². The molecule has 8 heteroatoms. The van der Waals surface area contributed by atoms with Gasteiger partial charge in [-0.05, 0) is 47.5 Å². The van der Waals surface area contributed by atoms with Gasteiger partial charge in [-0.15, -0.1) is 0 Å². The van der Waals surface area contributed by atoms with E-state index in [0.29, 0.717) is 22.2 Å². The molecule has 0 aliphatic carbocycles. The Balaban J connectivity index is 2.22. The SMILES string of the molecule is NS(=O)(=O)c1ccc(C2(c3cc(Cl)cc(Cl)c3)C=CC=NC2)cc1F. The fourth-order valence-corrected chi connectivity index (χ4v) is 3.99. The van der Waals surface area contributed by atoms with Crippen molar-refractivity contribution < 1.29 is 12.8 Å². The molecular weight excluding hydrogens is 386 g/mol. The summed E-state index contributed by atoms with van der Waals surface area (Å²) in [6.45, 7) is 0.300. The highest BCUT2D eigenvalue weighted by atomic mass is 35.5. The summed E-state index contributed by atoms with van der Waals surface area (Å²) in [6.07, 6.45) is 5.23. The monoisotopic (exact) mass is 398 g/mol. The maximum atomic E-state index is 14.4. The van der Waals surface area contributed by atoms with Gasteiger partial charge in [0.25, 0.3) is 0 Å². The van der Waals surface area contributed by atoms with Crippen LogP contribution in [-0.2, 0) is 15.4 Å². The molecule has 2 N–H and O–H groups in total. The number of nitrogens with two attached hydrogens (primary N) is 1. The Morgan fingerprint density at radius 1 is 1.08 bits per heavy atom. The number of rotatable bonds is 3. The molecule has 0 fully saturated rings. The maximum absolute atomic E-state index is 14.4. The van der Waals surface area contributed by atoms with Crippen molar-refractivity contribution in [3.8, 4) is 0 Å². The van der Waals surface area contributed by atoms with E-state index < -0.39 is 26.2 Å². The van der Waals surface area contributed by atoms with Gasteiger partial charge >= 0.3 is 0 Å². The number of hydrogen-bond donors (Lipinski definition) is 1. The van der Waals surface area contributed by atoms with Gasteiger partial charge in [0.05, 0.1) is 12.0 Å². The topological polar surface area (TPSA) is 72.5 Å². The second-order valence-corrected chi connectivity index (χ2v) is 8.07. The summed E-state index contributed by atoms with van der Waals surface area (Å²) in [5.41, 5.74) is 0.422. The highest BCUT2D eigenvalue weighted by Gasteiger charge is 2.34. The summed E-state index contributed by atoms with van der Waals surface area (Å²) in [4.78, 5) is 3.72. The van der Waals surface area contributed by atoms with Crippen molar-refractivity contribution >= 4 is 39.4 Å². The second-order valence-electron chi connectivity index (χ2n) is 5.67. The van der Waals surface area contributed by atoms with Crippen molar-refractivity contribution in [3.05, 3.63) is 75.5 Å². The van der Waals surface area contributed by atoms with Crippen molar-refractivity contribution in [1.29, 1.82) is 0 Å². The summed E-state index contributed by atoms with van der Waals surface area (Å²) in [6, 6.07) is 8.87. The fourth-order valence-electron chi connectivity index (χ4n) is 2.88. The Kier molecular flexibility index (Phi) is 4.72. The first-order chi connectivity index (χ1) is 11.7. The summed E-state index contributed by atoms with van der Waals surface area (Å²) in [7, 11) is -4.14. The fraction of sp³-hybridized carbons (Fsp3) is 0.118. The molecule has 130 valence electrons. The highest BCUT2D eigenvalue weighted by molar-refractivity contribution is 7.89. The van der Waals surface area contributed by atoms with Crippen LogP contribution in [0.25, 0.3) is 0 Å². The van der Waals surface area contributed by atoms with Gasteiger partial charge in [-0.3, -0.25) is 4.99 Å². The van der Waals surface area contributed by atoms with Crippen molar-refractivity contribution in [2.45, 2.75) is 10.3 Å². The van der Waals surface area contributed by atoms with Crippen molar-refractivity contribution in [2.24, 2.45) is 10.1 Å². The first-order valence-corrected chi connectivity index (χ1v) is 9.50. The molecule has 0 bridgehead atoms. The lowest BCUT2D eigenvalue weighted by Crippen LogP contribution is -2.31. The van der Waals surface area contributed by atoms with E-state index in [0.717, 1.165) is 17.7 Å². The minimum absolute atomic E-state index is 0.300. The molecule has 1 atom stereocenters. The van der Waals surface area contributed by atoms with Gasteiger partial charge in [0.15, 0.2) is 0 Å². The van der Waals surface area contributed by atoms with E-state index in [-0.39, 0.29) is 0 Å². The largest absolute Gasteiger partial charge is 0.292 e. The molecule has 2 aromatic rings. The molecule has 3 rings (SSSR count). The lowest BCUT2D eigenvalue weighted by molar-refractivity contribution is 0.561. The molecule has 4 nitrogen and oxygen atoms in total. The van der Waals surface area contributed by atoms with E-state index in [4.69, 9.17) is 28.3 Å². The van der Waals surface area contributed by atoms with E-state index in [1.165, 1.54) is 6.07 Å². The quantitative estimate of drug-likeness (QED) is 0.855. The van der Waals surface area contributed by atoms with Crippen LogP contribution >= 0.6 is 23.2 Å². The summed E-state index contributed by atoms with van der Waals surface area (Å²) in [5, 5.41) is 5.90. The number of primary sulfonamides is 1. The smallest absolute Gasteiger partial charge is 0.240 e. The Labute approximate surface area is 154 Å². The molecular formula is C17H13Cl2FN2O2S. The van der Waals surface area contributed by atoms with Crippen LogP contribution in [0.5, 0.6) is 0 Å². The van der Waals surface area contributed by atoms with Crippen molar-refractivity contribution in [1.82, 2.24) is 0 Å². The molecule has 1 aliphatic heterocycles. The zero-order chi connectivity index (χ0) is 18.2.